The van der Waals surface area contributed by atoms with Gasteiger partial charge >= 0.3 is 0 Å². The van der Waals surface area contributed by atoms with Gasteiger partial charge in [0.15, 0.2) is 5.76 Å². The first-order chi connectivity index (χ1) is 12.0. The van der Waals surface area contributed by atoms with E-state index in [0.717, 1.165) is 0 Å². The fourth-order valence-corrected chi connectivity index (χ4v) is 3.11. The molecule has 6 heteroatoms. The van der Waals surface area contributed by atoms with Crippen LogP contribution in [0.25, 0.3) is 11.3 Å². The highest BCUT2D eigenvalue weighted by Gasteiger charge is 2.29. The molecule has 3 rings (SSSR count). The van der Waals surface area contributed by atoms with Gasteiger partial charge in [-0.15, -0.1) is 0 Å². The zero-order valence-electron chi connectivity index (χ0n) is 14.4. The molecule has 0 spiro atoms. The van der Waals surface area contributed by atoms with Gasteiger partial charge in [0.1, 0.15) is 11.6 Å². The van der Waals surface area contributed by atoms with Crippen LogP contribution in [-0.4, -0.2) is 48.8 Å². The molecule has 1 fully saturated rings. The lowest BCUT2D eigenvalue weighted by Crippen LogP contribution is -2.42. The summed E-state index contributed by atoms with van der Waals surface area (Å²) in [6.45, 7) is 1.03. The van der Waals surface area contributed by atoms with Gasteiger partial charge in [0.25, 0.3) is 5.91 Å². The third-order valence-corrected chi connectivity index (χ3v) is 4.53. The molecule has 0 saturated carbocycles. The second-order valence-electron chi connectivity index (χ2n) is 6.44. The molecule has 1 saturated heterocycles. The highest BCUT2D eigenvalue weighted by atomic mass is 19.1. The molecule has 5 nitrogen and oxygen atoms in total. The van der Waals surface area contributed by atoms with E-state index in [1.54, 1.807) is 54.2 Å². The molecule has 0 unspecified atom stereocenters. The summed E-state index contributed by atoms with van der Waals surface area (Å²) in [6.07, 6.45) is 1.28. The number of nitrogens with zero attached hydrogens (tertiary/aromatic N) is 2. The maximum Gasteiger partial charge on any atom is 0.289 e. The van der Waals surface area contributed by atoms with Gasteiger partial charge in [-0.25, -0.2) is 4.39 Å². The second kappa shape index (κ2) is 7.09. The summed E-state index contributed by atoms with van der Waals surface area (Å²) in [5.74, 6) is -0.0245. The lowest BCUT2D eigenvalue weighted by molar-refractivity contribution is -0.134. The Kier molecular flexibility index (Phi) is 4.88. The van der Waals surface area contributed by atoms with Crippen LogP contribution in [0.1, 0.15) is 23.4 Å². The number of benzene rings is 1. The quantitative estimate of drug-likeness (QED) is 0.860. The van der Waals surface area contributed by atoms with Gasteiger partial charge in [-0.2, -0.15) is 0 Å². The number of furan rings is 1. The Morgan fingerprint density at radius 2 is 1.80 bits per heavy atom. The zero-order valence-corrected chi connectivity index (χ0v) is 14.4. The predicted octanol–water partition coefficient (Wildman–Crippen LogP) is 3.03. The van der Waals surface area contributed by atoms with E-state index in [1.165, 1.54) is 6.07 Å². The molecule has 2 amide bonds. The van der Waals surface area contributed by atoms with Crippen molar-refractivity contribution in [2.45, 2.75) is 12.8 Å². The van der Waals surface area contributed by atoms with Crippen molar-refractivity contribution in [3.63, 3.8) is 0 Å². The summed E-state index contributed by atoms with van der Waals surface area (Å²) in [5, 5.41) is 0. The van der Waals surface area contributed by atoms with E-state index in [0.29, 0.717) is 37.3 Å². The van der Waals surface area contributed by atoms with Crippen molar-refractivity contribution in [1.82, 2.24) is 9.80 Å². The molecule has 0 aliphatic carbocycles. The van der Waals surface area contributed by atoms with Crippen LogP contribution in [0.5, 0.6) is 0 Å². The summed E-state index contributed by atoms with van der Waals surface area (Å²) < 4.78 is 19.4. The standard InChI is InChI=1S/C19H21FN2O3/c1-21(2)18(23)13-9-11-22(12-10-13)19(24)17-8-7-16(25-17)14-5-3-4-6-15(14)20/h3-8,13H,9-12H2,1-2H3. The Balaban J connectivity index is 1.67. The third-order valence-electron chi connectivity index (χ3n) is 4.53. The largest absolute Gasteiger partial charge is 0.451 e. The first kappa shape index (κ1) is 17.2. The lowest BCUT2D eigenvalue weighted by atomic mass is 9.95. The van der Waals surface area contributed by atoms with E-state index in [2.05, 4.69) is 0 Å². The van der Waals surface area contributed by atoms with E-state index in [4.69, 9.17) is 4.42 Å². The molecule has 1 aromatic heterocycles. The molecular formula is C19H21FN2O3. The third kappa shape index (κ3) is 3.57. The molecule has 0 atom stereocenters. The first-order valence-electron chi connectivity index (χ1n) is 8.32. The molecule has 132 valence electrons. The number of halogens is 1. The number of likely N-dealkylation sites (tertiary alicyclic amines) is 1. The van der Waals surface area contributed by atoms with Gasteiger partial charge in [-0.05, 0) is 37.1 Å². The van der Waals surface area contributed by atoms with Gasteiger partial charge in [0.05, 0.1) is 5.56 Å². The Morgan fingerprint density at radius 3 is 2.44 bits per heavy atom. The number of piperidine rings is 1. The molecule has 0 N–H and O–H groups in total. The van der Waals surface area contributed by atoms with Gasteiger partial charge in [-0.3, -0.25) is 9.59 Å². The molecule has 1 aliphatic heterocycles. The van der Waals surface area contributed by atoms with Gasteiger partial charge in [0, 0.05) is 33.1 Å². The average molecular weight is 344 g/mol. The summed E-state index contributed by atoms with van der Waals surface area (Å²) in [6, 6.07) is 9.46. The number of carbonyl (C=O) groups is 2. The molecule has 0 radical (unpaired) electrons. The fourth-order valence-electron chi connectivity index (χ4n) is 3.11. The van der Waals surface area contributed by atoms with Crippen LogP contribution in [0.2, 0.25) is 0 Å². The van der Waals surface area contributed by atoms with E-state index in [9.17, 15) is 14.0 Å². The van der Waals surface area contributed by atoms with Crippen molar-refractivity contribution in [2.24, 2.45) is 5.92 Å². The minimum absolute atomic E-state index is 0.0374. The van der Waals surface area contributed by atoms with Gasteiger partial charge < -0.3 is 14.2 Å². The van der Waals surface area contributed by atoms with Crippen LogP contribution in [0.3, 0.4) is 0 Å². The summed E-state index contributed by atoms with van der Waals surface area (Å²) in [7, 11) is 3.49. The van der Waals surface area contributed by atoms with Crippen molar-refractivity contribution in [3.05, 3.63) is 48.0 Å². The molecular weight excluding hydrogens is 323 g/mol. The van der Waals surface area contributed by atoms with E-state index >= 15 is 0 Å². The molecule has 2 heterocycles. The highest BCUT2D eigenvalue weighted by molar-refractivity contribution is 5.92. The number of rotatable bonds is 3. The number of amides is 2. The molecule has 1 aliphatic rings. The van der Waals surface area contributed by atoms with Crippen molar-refractivity contribution < 1.29 is 18.4 Å². The van der Waals surface area contributed by atoms with Crippen LogP contribution in [0.15, 0.2) is 40.8 Å². The predicted molar refractivity (Wildman–Crippen MR) is 91.4 cm³/mol. The highest BCUT2D eigenvalue weighted by Crippen LogP contribution is 2.26. The molecule has 25 heavy (non-hydrogen) atoms. The minimum Gasteiger partial charge on any atom is -0.451 e. The van der Waals surface area contributed by atoms with Crippen LogP contribution in [-0.2, 0) is 4.79 Å². The zero-order chi connectivity index (χ0) is 18.0. The molecule has 2 aromatic rings. The fraction of sp³-hybridized carbons (Fsp3) is 0.368. The second-order valence-corrected chi connectivity index (χ2v) is 6.44. The van der Waals surface area contributed by atoms with Gasteiger partial charge in [-0.1, -0.05) is 12.1 Å². The van der Waals surface area contributed by atoms with Crippen molar-refractivity contribution in [3.8, 4) is 11.3 Å². The Labute approximate surface area is 146 Å². The molecule has 1 aromatic carbocycles. The van der Waals surface area contributed by atoms with Crippen molar-refractivity contribution >= 4 is 11.8 Å². The molecule has 0 bridgehead atoms. The maximum absolute atomic E-state index is 13.8. The lowest BCUT2D eigenvalue weighted by Gasteiger charge is -2.31. The normalized spacial score (nSPS) is 15.2. The maximum atomic E-state index is 13.8. The monoisotopic (exact) mass is 344 g/mol. The Morgan fingerprint density at radius 1 is 1.12 bits per heavy atom. The Hall–Kier alpha value is -2.63. The van der Waals surface area contributed by atoms with E-state index in [-0.39, 0.29) is 29.3 Å². The summed E-state index contributed by atoms with van der Waals surface area (Å²) in [4.78, 5) is 27.9. The van der Waals surface area contributed by atoms with E-state index in [1.807, 2.05) is 0 Å². The van der Waals surface area contributed by atoms with Crippen LogP contribution < -0.4 is 0 Å². The van der Waals surface area contributed by atoms with Crippen LogP contribution >= 0.6 is 0 Å². The number of hydrogen-bond acceptors (Lipinski definition) is 3. The Bertz CT molecular complexity index is 776. The smallest absolute Gasteiger partial charge is 0.289 e. The number of carbonyl (C=O) groups excluding carboxylic acids is 2. The topological polar surface area (TPSA) is 53.8 Å². The van der Waals surface area contributed by atoms with E-state index < -0.39 is 0 Å². The summed E-state index contributed by atoms with van der Waals surface area (Å²) >= 11 is 0. The van der Waals surface area contributed by atoms with Crippen LogP contribution in [0, 0.1) is 11.7 Å². The summed E-state index contributed by atoms with van der Waals surface area (Å²) in [5.41, 5.74) is 0.330. The number of hydrogen-bond donors (Lipinski definition) is 0. The average Bonchev–Trinajstić information content (AvgIpc) is 3.10. The van der Waals surface area contributed by atoms with Crippen molar-refractivity contribution in [2.75, 3.05) is 27.2 Å². The minimum atomic E-state index is -0.390. The van der Waals surface area contributed by atoms with Crippen molar-refractivity contribution in [1.29, 1.82) is 0 Å². The van der Waals surface area contributed by atoms with Crippen LogP contribution in [0.4, 0.5) is 4.39 Å². The first-order valence-corrected chi connectivity index (χ1v) is 8.32. The van der Waals surface area contributed by atoms with Gasteiger partial charge in [0.2, 0.25) is 5.91 Å². The SMILES string of the molecule is CN(C)C(=O)C1CCN(C(=O)c2ccc(-c3ccccc3F)o2)CC1.